The minimum atomic E-state index is -0.763. The van der Waals surface area contributed by atoms with Crippen LogP contribution in [0.3, 0.4) is 0 Å². The maximum atomic E-state index is 10.8. The molecule has 0 amide bonds. The van der Waals surface area contributed by atoms with E-state index in [1.807, 2.05) is 11.9 Å². The Hall–Kier alpha value is -0.570. The Kier molecular flexibility index (Phi) is 4.24. The second-order valence-corrected chi connectivity index (χ2v) is 3.64. The van der Waals surface area contributed by atoms with E-state index in [0.717, 1.165) is 19.4 Å². The molecule has 0 aliphatic rings. The van der Waals surface area contributed by atoms with Gasteiger partial charge in [0.25, 0.3) is 0 Å². The van der Waals surface area contributed by atoms with Gasteiger partial charge in [-0.15, -0.1) is 0 Å². The van der Waals surface area contributed by atoms with Gasteiger partial charge >= 0.3 is 5.97 Å². The van der Waals surface area contributed by atoms with Crippen molar-refractivity contribution < 1.29 is 9.90 Å². The number of carbonyl (C=O) groups is 1. The van der Waals surface area contributed by atoms with Gasteiger partial charge in [-0.2, -0.15) is 0 Å². The summed E-state index contributed by atoms with van der Waals surface area (Å²) in [5.41, 5.74) is -0.741. The van der Waals surface area contributed by atoms with Crippen molar-refractivity contribution in [1.82, 2.24) is 4.90 Å². The maximum Gasteiger partial charge on any atom is 0.323 e. The van der Waals surface area contributed by atoms with Gasteiger partial charge < -0.3 is 5.11 Å². The number of carboxylic acids is 1. The summed E-state index contributed by atoms with van der Waals surface area (Å²) in [5, 5.41) is 8.87. The van der Waals surface area contributed by atoms with Crippen LogP contribution in [0.1, 0.15) is 33.6 Å². The number of aliphatic carboxylic acids is 1. The molecule has 0 aromatic carbocycles. The smallest absolute Gasteiger partial charge is 0.323 e. The summed E-state index contributed by atoms with van der Waals surface area (Å²) in [5.74, 6) is -0.763. The van der Waals surface area contributed by atoms with Gasteiger partial charge in [-0.05, 0) is 33.9 Å². The molecule has 3 nitrogen and oxygen atoms in total. The van der Waals surface area contributed by atoms with Crippen molar-refractivity contribution >= 4 is 5.97 Å². The zero-order chi connectivity index (χ0) is 9.78. The molecule has 0 saturated heterocycles. The van der Waals surface area contributed by atoms with Gasteiger partial charge in [-0.3, -0.25) is 9.69 Å². The van der Waals surface area contributed by atoms with Crippen LogP contribution in [0.25, 0.3) is 0 Å². The summed E-state index contributed by atoms with van der Waals surface area (Å²) < 4.78 is 0. The second kappa shape index (κ2) is 4.45. The SMILES string of the molecule is CCCCN(C)C(C)(C)C(=O)O. The minimum Gasteiger partial charge on any atom is -0.480 e. The number of likely N-dealkylation sites (N-methyl/N-ethyl adjacent to an activating group) is 1. The average molecular weight is 173 g/mol. The topological polar surface area (TPSA) is 40.5 Å². The molecule has 3 heteroatoms. The Bertz CT molecular complexity index is 155. The minimum absolute atomic E-state index is 0.741. The summed E-state index contributed by atoms with van der Waals surface area (Å²) in [4.78, 5) is 12.7. The molecule has 0 aliphatic heterocycles. The van der Waals surface area contributed by atoms with Crippen LogP contribution in [-0.2, 0) is 4.79 Å². The average Bonchev–Trinajstić information content (AvgIpc) is 1.99. The van der Waals surface area contributed by atoms with E-state index in [9.17, 15) is 4.79 Å². The lowest BCUT2D eigenvalue weighted by Crippen LogP contribution is -2.48. The number of hydrogen-bond acceptors (Lipinski definition) is 2. The summed E-state index contributed by atoms with van der Waals surface area (Å²) in [6, 6.07) is 0. The molecule has 0 rings (SSSR count). The van der Waals surface area contributed by atoms with Crippen LogP contribution in [0, 0.1) is 0 Å². The zero-order valence-corrected chi connectivity index (χ0v) is 8.42. The van der Waals surface area contributed by atoms with Crippen LogP contribution in [0.4, 0.5) is 0 Å². The van der Waals surface area contributed by atoms with Gasteiger partial charge in [-0.1, -0.05) is 13.3 Å². The van der Waals surface area contributed by atoms with E-state index in [0.29, 0.717) is 0 Å². The van der Waals surface area contributed by atoms with Crippen molar-refractivity contribution in [3.63, 3.8) is 0 Å². The molecule has 0 atom stereocenters. The van der Waals surface area contributed by atoms with Crippen LogP contribution in [0.15, 0.2) is 0 Å². The number of unbranched alkanes of at least 4 members (excludes halogenated alkanes) is 1. The van der Waals surface area contributed by atoms with Crippen LogP contribution >= 0.6 is 0 Å². The number of rotatable bonds is 5. The molecule has 0 fully saturated rings. The lowest BCUT2D eigenvalue weighted by Gasteiger charge is -2.31. The van der Waals surface area contributed by atoms with E-state index in [2.05, 4.69) is 6.92 Å². The standard InChI is InChI=1S/C9H19NO2/c1-5-6-7-10(4)9(2,3)8(11)12/h5-7H2,1-4H3,(H,11,12). The van der Waals surface area contributed by atoms with Crippen molar-refractivity contribution in [1.29, 1.82) is 0 Å². The van der Waals surface area contributed by atoms with E-state index in [1.54, 1.807) is 13.8 Å². The maximum absolute atomic E-state index is 10.8. The highest BCUT2D eigenvalue weighted by molar-refractivity contribution is 5.77. The molecule has 0 radical (unpaired) electrons. The highest BCUT2D eigenvalue weighted by Crippen LogP contribution is 2.12. The monoisotopic (exact) mass is 173 g/mol. The van der Waals surface area contributed by atoms with E-state index in [4.69, 9.17) is 5.11 Å². The fourth-order valence-corrected chi connectivity index (χ4v) is 0.838. The molecule has 0 aromatic heterocycles. The van der Waals surface area contributed by atoms with Crippen molar-refractivity contribution in [3.05, 3.63) is 0 Å². The second-order valence-electron chi connectivity index (χ2n) is 3.64. The van der Waals surface area contributed by atoms with Gasteiger partial charge in [-0.25, -0.2) is 0 Å². The lowest BCUT2D eigenvalue weighted by molar-refractivity contribution is -0.148. The van der Waals surface area contributed by atoms with Gasteiger partial charge in [0, 0.05) is 0 Å². The predicted octanol–water partition coefficient (Wildman–Crippen LogP) is 1.58. The number of carboxylic acid groups (broad SMARTS) is 1. The molecule has 1 N–H and O–H groups in total. The fraction of sp³-hybridized carbons (Fsp3) is 0.889. The van der Waals surface area contributed by atoms with Gasteiger partial charge in [0.05, 0.1) is 0 Å². The number of nitrogens with zero attached hydrogens (tertiary/aromatic N) is 1. The highest BCUT2D eigenvalue weighted by atomic mass is 16.4. The molecule has 0 spiro atoms. The predicted molar refractivity (Wildman–Crippen MR) is 49.3 cm³/mol. The fourth-order valence-electron chi connectivity index (χ4n) is 0.838. The molecule has 0 bridgehead atoms. The third-order valence-corrected chi connectivity index (χ3v) is 2.32. The summed E-state index contributed by atoms with van der Waals surface area (Å²) in [6.45, 7) is 6.40. The first kappa shape index (κ1) is 11.4. The molecule has 0 heterocycles. The van der Waals surface area contributed by atoms with Crippen LogP contribution in [-0.4, -0.2) is 35.1 Å². The Balaban J connectivity index is 4.06. The quantitative estimate of drug-likeness (QED) is 0.686. The van der Waals surface area contributed by atoms with Crippen molar-refractivity contribution in [2.24, 2.45) is 0 Å². The molecule has 0 aliphatic carbocycles. The van der Waals surface area contributed by atoms with E-state index in [-0.39, 0.29) is 0 Å². The third-order valence-electron chi connectivity index (χ3n) is 2.32. The molecule has 72 valence electrons. The highest BCUT2D eigenvalue weighted by Gasteiger charge is 2.31. The van der Waals surface area contributed by atoms with Gasteiger partial charge in [0.15, 0.2) is 0 Å². The van der Waals surface area contributed by atoms with E-state index < -0.39 is 11.5 Å². The Labute approximate surface area is 74.4 Å². The molecule has 0 aromatic rings. The number of hydrogen-bond donors (Lipinski definition) is 1. The zero-order valence-electron chi connectivity index (χ0n) is 8.42. The van der Waals surface area contributed by atoms with Crippen molar-refractivity contribution in [2.75, 3.05) is 13.6 Å². The van der Waals surface area contributed by atoms with Gasteiger partial charge in [0.2, 0.25) is 0 Å². The Morgan fingerprint density at radius 2 is 2.00 bits per heavy atom. The van der Waals surface area contributed by atoms with Crippen molar-refractivity contribution in [2.45, 2.75) is 39.2 Å². The molecule has 0 saturated carbocycles. The molecule has 12 heavy (non-hydrogen) atoms. The van der Waals surface area contributed by atoms with E-state index in [1.165, 1.54) is 0 Å². The summed E-state index contributed by atoms with van der Waals surface area (Å²) in [7, 11) is 1.85. The summed E-state index contributed by atoms with van der Waals surface area (Å²) >= 11 is 0. The normalized spacial score (nSPS) is 12.1. The van der Waals surface area contributed by atoms with Crippen LogP contribution in [0.2, 0.25) is 0 Å². The van der Waals surface area contributed by atoms with Crippen LogP contribution in [0.5, 0.6) is 0 Å². The van der Waals surface area contributed by atoms with Crippen molar-refractivity contribution in [3.8, 4) is 0 Å². The Morgan fingerprint density at radius 1 is 1.50 bits per heavy atom. The molecular formula is C9H19NO2. The van der Waals surface area contributed by atoms with Crippen LogP contribution < -0.4 is 0 Å². The molecular weight excluding hydrogens is 154 g/mol. The third kappa shape index (κ3) is 2.81. The lowest BCUT2D eigenvalue weighted by atomic mass is 10.0. The Morgan fingerprint density at radius 3 is 2.33 bits per heavy atom. The first-order valence-corrected chi connectivity index (χ1v) is 4.37. The largest absolute Gasteiger partial charge is 0.480 e. The molecule has 0 unspecified atom stereocenters. The first-order valence-electron chi connectivity index (χ1n) is 4.37. The van der Waals surface area contributed by atoms with E-state index >= 15 is 0 Å². The van der Waals surface area contributed by atoms with Gasteiger partial charge in [0.1, 0.15) is 5.54 Å². The first-order chi connectivity index (χ1) is 5.42. The summed E-state index contributed by atoms with van der Waals surface area (Å²) in [6.07, 6.45) is 2.15.